The van der Waals surface area contributed by atoms with Crippen molar-refractivity contribution in [2.24, 2.45) is 5.10 Å². The summed E-state index contributed by atoms with van der Waals surface area (Å²) in [6.45, 7) is 2.04. The standard InChI is InChI=1S/C25H23N3O7S2/c1-3-33-23-14-17(8-13-22(23)35-37(30,31)19-11-9-18(32-2)10-12-19)15-26-28-24(29)16-36-25-27-20-6-4-5-7-21(20)34-25/h4-15H,3,16H2,1-2H3,(H,28,29)/b26-15-. The van der Waals surface area contributed by atoms with Gasteiger partial charge in [-0.3, -0.25) is 4.79 Å². The molecular weight excluding hydrogens is 518 g/mol. The zero-order valence-corrected chi connectivity index (χ0v) is 21.5. The van der Waals surface area contributed by atoms with Crippen LogP contribution in [0.25, 0.3) is 11.1 Å². The smallest absolute Gasteiger partial charge is 0.339 e. The third-order valence-electron chi connectivity index (χ3n) is 4.82. The van der Waals surface area contributed by atoms with Gasteiger partial charge in [-0.05, 0) is 67.1 Å². The molecule has 12 heteroatoms. The van der Waals surface area contributed by atoms with Crippen molar-refractivity contribution in [3.05, 3.63) is 72.3 Å². The van der Waals surface area contributed by atoms with Crippen molar-refractivity contribution in [1.29, 1.82) is 0 Å². The van der Waals surface area contributed by atoms with E-state index in [-0.39, 0.29) is 34.7 Å². The number of aromatic nitrogens is 1. The number of hydrogen-bond donors (Lipinski definition) is 1. The highest BCUT2D eigenvalue weighted by Gasteiger charge is 2.19. The first kappa shape index (κ1) is 26.0. The number of carbonyl (C=O) groups excluding carboxylic acids is 1. The maximum absolute atomic E-state index is 12.7. The van der Waals surface area contributed by atoms with Crippen LogP contribution < -0.4 is 19.1 Å². The highest BCUT2D eigenvalue weighted by Crippen LogP contribution is 2.31. The van der Waals surface area contributed by atoms with Crippen LogP contribution in [0.3, 0.4) is 0 Å². The predicted octanol–water partition coefficient (Wildman–Crippen LogP) is 4.25. The molecule has 0 aliphatic heterocycles. The molecule has 0 saturated carbocycles. The molecular formula is C25H23N3O7S2. The molecule has 4 aromatic rings. The molecule has 0 aliphatic carbocycles. The number of nitrogens with zero attached hydrogens (tertiary/aromatic N) is 2. The topological polar surface area (TPSA) is 129 Å². The molecule has 0 atom stereocenters. The molecule has 1 aromatic heterocycles. The first-order chi connectivity index (χ1) is 17.9. The first-order valence-electron chi connectivity index (χ1n) is 11.0. The van der Waals surface area contributed by atoms with E-state index in [1.807, 2.05) is 18.2 Å². The maximum atomic E-state index is 12.7. The molecule has 1 amide bonds. The van der Waals surface area contributed by atoms with Crippen LogP contribution in [0.5, 0.6) is 17.2 Å². The van der Waals surface area contributed by atoms with Gasteiger partial charge in [-0.15, -0.1) is 0 Å². The lowest BCUT2D eigenvalue weighted by Crippen LogP contribution is -2.19. The lowest BCUT2D eigenvalue weighted by molar-refractivity contribution is -0.118. The van der Waals surface area contributed by atoms with Crippen molar-refractivity contribution in [2.45, 2.75) is 17.0 Å². The Morgan fingerprint density at radius 3 is 2.62 bits per heavy atom. The van der Waals surface area contributed by atoms with Gasteiger partial charge in [0, 0.05) is 0 Å². The second-order valence-electron chi connectivity index (χ2n) is 7.38. The summed E-state index contributed by atoms with van der Waals surface area (Å²) in [7, 11) is -2.61. The number of hydrogen-bond acceptors (Lipinski definition) is 10. The van der Waals surface area contributed by atoms with Gasteiger partial charge in [0.05, 0.1) is 25.7 Å². The minimum absolute atomic E-state index is 0.0218. The number of oxazole rings is 1. The molecule has 0 fully saturated rings. The van der Waals surface area contributed by atoms with Crippen molar-refractivity contribution < 1.29 is 31.3 Å². The van der Waals surface area contributed by atoms with Crippen molar-refractivity contribution in [3.63, 3.8) is 0 Å². The van der Waals surface area contributed by atoms with E-state index in [4.69, 9.17) is 18.1 Å². The number of thioether (sulfide) groups is 1. The van der Waals surface area contributed by atoms with E-state index in [9.17, 15) is 13.2 Å². The minimum Gasteiger partial charge on any atom is -0.497 e. The fraction of sp³-hybridized carbons (Fsp3) is 0.160. The monoisotopic (exact) mass is 541 g/mol. The molecule has 0 unspecified atom stereocenters. The van der Waals surface area contributed by atoms with Crippen molar-refractivity contribution in [3.8, 4) is 17.2 Å². The Kier molecular flexibility index (Phi) is 8.31. The van der Waals surface area contributed by atoms with Gasteiger partial charge in [0.1, 0.15) is 16.2 Å². The summed E-state index contributed by atoms with van der Waals surface area (Å²) in [5.41, 5.74) is 4.36. The van der Waals surface area contributed by atoms with Gasteiger partial charge in [-0.25, -0.2) is 10.4 Å². The molecule has 0 aliphatic rings. The lowest BCUT2D eigenvalue weighted by atomic mass is 10.2. The summed E-state index contributed by atoms with van der Waals surface area (Å²) < 4.78 is 46.9. The Hall–Kier alpha value is -4.03. The SMILES string of the molecule is CCOc1cc(/C=N\NC(=O)CSc2nc3ccccc3o2)ccc1OS(=O)(=O)c1ccc(OC)cc1. The number of carbonyl (C=O) groups is 1. The molecule has 192 valence electrons. The van der Waals surface area contributed by atoms with Crippen LogP contribution in [0.4, 0.5) is 0 Å². The first-order valence-corrected chi connectivity index (χ1v) is 13.4. The van der Waals surface area contributed by atoms with Gasteiger partial charge in [0.2, 0.25) is 0 Å². The average molecular weight is 542 g/mol. The molecule has 10 nitrogen and oxygen atoms in total. The number of methoxy groups -OCH3 is 1. The number of fused-ring (bicyclic) bond motifs is 1. The largest absolute Gasteiger partial charge is 0.497 e. The minimum atomic E-state index is -4.10. The van der Waals surface area contributed by atoms with Crippen molar-refractivity contribution >= 4 is 45.1 Å². The Bertz CT molecular complexity index is 1480. The summed E-state index contributed by atoms with van der Waals surface area (Å²) in [4.78, 5) is 16.4. The van der Waals surface area contributed by atoms with Gasteiger partial charge < -0.3 is 18.1 Å². The Morgan fingerprint density at radius 2 is 1.89 bits per heavy atom. The van der Waals surface area contributed by atoms with Crippen molar-refractivity contribution in [2.75, 3.05) is 19.5 Å². The van der Waals surface area contributed by atoms with E-state index in [1.54, 1.807) is 25.1 Å². The van der Waals surface area contributed by atoms with Crippen LogP contribution in [0.1, 0.15) is 12.5 Å². The van der Waals surface area contributed by atoms with Crippen LogP contribution in [0.2, 0.25) is 0 Å². The summed E-state index contributed by atoms with van der Waals surface area (Å²) in [5, 5.41) is 4.34. The van der Waals surface area contributed by atoms with Crippen LogP contribution in [-0.2, 0) is 14.9 Å². The van der Waals surface area contributed by atoms with Crippen LogP contribution >= 0.6 is 11.8 Å². The molecule has 4 rings (SSSR count). The predicted molar refractivity (Wildman–Crippen MR) is 139 cm³/mol. The summed E-state index contributed by atoms with van der Waals surface area (Å²) >= 11 is 1.15. The van der Waals surface area contributed by atoms with Crippen LogP contribution in [-0.4, -0.2) is 45.0 Å². The average Bonchev–Trinajstić information content (AvgIpc) is 3.32. The molecule has 3 aromatic carbocycles. The van der Waals surface area contributed by atoms with E-state index in [1.165, 1.54) is 43.7 Å². The summed E-state index contributed by atoms with van der Waals surface area (Å²) in [6, 6.07) is 17.8. The quantitative estimate of drug-likeness (QED) is 0.128. The Labute approximate surface area is 217 Å². The number of ether oxygens (including phenoxy) is 2. The number of nitrogens with one attached hydrogen (secondary N) is 1. The number of amides is 1. The zero-order valence-electron chi connectivity index (χ0n) is 19.9. The van der Waals surface area contributed by atoms with Gasteiger partial charge in [0.25, 0.3) is 11.1 Å². The van der Waals surface area contributed by atoms with Gasteiger partial charge in [-0.1, -0.05) is 23.9 Å². The Morgan fingerprint density at radius 1 is 1.11 bits per heavy atom. The van der Waals surface area contributed by atoms with Gasteiger partial charge in [0.15, 0.2) is 17.1 Å². The van der Waals surface area contributed by atoms with E-state index in [0.29, 0.717) is 22.1 Å². The molecule has 1 N–H and O–H groups in total. The molecule has 37 heavy (non-hydrogen) atoms. The molecule has 0 saturated heterocycles. The second-order valence-corrected chi connectivity index (χ2v) is 9.85. The third-order valence-corrected chi connectivity index (χ3v) is 6.90. The Balaban J connectivity index is 1.37. The maximum Gasteiger partial charge on any atom is 0.339 e. The number of rotatable bonds is 11. The van der Waals surface area contributed by atoms with E-state index >= 15 is 0 Å². The fourth-order valence-corrected chi connectivity index (χ4v) is 4.67. The van der Waals surface area contributed by atoms with E-state index in [0.717, 1.165) is 17.3 Å². The van der Waals surface area contributed by atoms with E-state index < -0.39 is 10.1 Å². The number of benzene rings is 3. The second kappa shape index (κ2) is 11.8. The number of hydrazone groups is 1. The molecule has 0 bridgehead atoms. The molecule has 1 heterocycles. The third kappa shape index (κ3) is 6.80. The van der Waals surface area contributed by atoms with Crippen LogP contribution in [0.15, 0.2) is 86.4 Å². The van der Waals surface area contributed by atoms with Gasteiger partial charge >= 0.3 is 10.1 Å². The molecule has 0 radical (unpaired) electrons. The van der Waals surface area contributed by atoms with E-state index in [2.05, 4.69) is 15.5 Å². The normalized spacial score (nSPS) is 11.5. The highest BCUT2D eigenvalue weighted by molar-refractivity contribution is 7.99. The fourth-order valence-electron chi connectivity index (χ4n) is 3.10. The van der Waals surface area contributed by atoms with Gasteiger partial charge in [-0.2, -0.15) is 13.5 Å². The summed E-state index contributed by atoms with van der Waals surface area (Å²) in [6.07, 6.45) is 1.41. The molecule has 0 spiro atoms. The van der Waals surface area contributed by atoms with Crippen molar-refractivity contribution in [1.82, 2.24) is 10.4 Å². The van der Waals surface area contributed by atoms with Crippen LogP contribution in [0, 0.1) is 0 Å². The summed E-state index contributed by atoms with van der Waals surface area (Å²) in [5.74, 6) is 0.466. The lowest BCUT2D eigenvalue weighted by Gasteiger charge is -2.12. The zero-order chi connectivity index (χ0) is 26.3. The number of para-hydroxylation sites is 2. The highest BCUT2D eigenvalue weighted by atomic mass is 32.2.